The SMILES string of the molecule is CCCCCN(CCO)C(=O)Nc1ccc(F)c(F)c1. The highest BCUT2D eigenvalue weighted by atomic mass is 19.2. The number of benzene rings is 1. The second-order valence-corrected chi connectivity index (χ2v) is 4.48. The number of hydrogen-bond acceptors (Lipinski definition) is 2. The van der Waals surface area contributed by atoms with E-state index in [0.717, 1.165) is 31.4 Å². The highest BCUT2D eigenvalue weighted by Gasteiger charge is 2.13. The molecule has 1 rings (SSSR count). The molecule has 6 heteroatoms. The van der Waals surface area contributed by atoms with Crippen LogP contribution in [-0.4, -0.2) is 35.7 Å². The fourth-order valence-electron chi connectivity index (χ4n) is 1.76. The van der Waals surface area contributed by atoms with Crippen molar-refractivity contribution in [2.45, 2.75) is 26.2 Å². The van der Waals surface area contributed by atoms with Crippen molar-refractivity contribution in [1.29, 1.82) is 0 Å². The van der Waals surface area contributed by atoms with Crippen LogP contribution >= 0.6 is 0 Å². The molecule has 0 unspecified atom stereocenters. The molecular weight excluding hydrogens is 266 g/mol. The Kier molecular flexibility index (Phi) is 6.93. The smallest absolute Gasteiger partial charge is 0.321 e. The van der Waals surface area contributed by atoms with E-state index in [-0.39, 0.29) is 18.8 Å². The molecule has 0 radical (unpaired) electrons. The molecule has 0 aliphatic rings. The first-order valence-corrected chi connectivity index (χ1v) is 6.70. The summed E-state index contributed by atoms with van der Waals surface area (Å²) in [5, 5.41) is 11.4. The molecule has 2 amide bonds. The Balaban J connectivity index is 2.62. The predicted molar refractivity (Wildman–Crippen MR) is 73.6 cm³/mol. The topological polar surface area (TPSA) is 52.6 Å². The summed E-state index contributed by atoms with van der Waals surface area (Å²) < 4.78 is 25.8. The van der Waals surface area contributed by atoms with Gasteiger partial charge in [-0.15, -0.1) is 0 Å². The van der Waals surface area contributed by atoms with Crippen LogP contribution in [0.1, 0.15) is 26.2 Å². The molecule has 0 saturated carbocycles. The van der Waals surface area contributed by atoms with Crippen molar-refractivity contribution in [2.75, 3.05) is 25.0 Å². The zero-order valence-electron chi connectivity index (χ0n) is 11.5. The first-order valence-electron chi connectivity index (χ1n) is 6.70. The lowest BCUT2D eigenvalue weighted by molar-refractivity contribution is 0.187. The zero-order valence-corrected chi connectivity index (χ0v) is 11.5. The third kappa shape index (κ3) is 5.13. The van der Waals surface area contributed by atoms with Gasteiger partial charge in [-0.2, -0.15) is 0 Å². The van der Waals surface area contributed by atoms with Gasteiger partial charge < -0.3 is 15.3 Å². The number of halogens is 2. The van der Waals surface area contributed by atoms with Gasteiger partial charge >= 0.3 is 6.03 Å². The van der Waals surface area contributed by atoms with Gasteiger partial charge in [0.25, 0.3) is 0 Å². The Bertz CT molecular complexity index is 441. The number of nitrogens with zero attached hydrogens (tertiary/aromatic N) is 1. The van der Waals surface area contributed by atoms with Crippen LogP contribution in [0.4, 0.5) is 19.3 Å². The van der Waals surface area contributed by atoms with Crippen LogP contribution in [0.3, 0.4) is 0 Å². The Labute approximate surface area is 117 Å². The normalized spacial score (nSPS) is 10.4. The second kappa shape index (κ2) is 8.47. The number of carbonyl (C=O) groups is 1. The molecule has 0 spiro atoms. The van der Waals surface area contributed by atoms with Gasteiger partial charge in [0.2, 0.25) is 0 Å². The monoisotopic (exact) mass is 286 g/mol. The number of rotatable bonds is 7. The molecule has 1 aromatic carbocycles. The maximum atomic E-state index is 13.0. The zero-order chi connectivity index (χ0) is 15.0. The van der Waals surface area contributed by atoms with Crippen LogP contribution in [-0.2, 0) is 0 Å². The molecule has 112 valence electrons. The van der Waals surface area contributed by atoms with Crippen molar-refractivity contribution in [2.24, 2.45) is 0 Å². The molecule has 2 N–H and O–H groups in total. The molecule has 0 heterocycles. The lowest BCUT2D eigenvalue weighted by atomic mass is 10.2. The van der Waals surface area contributed by atoms with E-state index in [4.69, 9.17) is 5.11 Å². The molecule has 20 heavy (non-hydrogen) atoms. The van der Waals surface area contributed by atoms with E-state index in [0.29, 0.717) is 6.54 Å². The minimum atomic E-state index is -1.01. The number of aliphatic hydroxyl groups is 1. The largest absolute Gasteiger partial charge is 0.395 e. The maximum Gasteiger partial charge on any atom is 0.321 e. The van der Waals surface area contributed by atoms with Gasteiger partial charge in [-0.3, -0.25) is 0 Å². The van der Waals surface area contributed by atoms with Gasteiger partial charge in [0.1, 0.15) is 0 Å². The van der Waals surface area contributed by atoms with Gasteiger partial charge in [-0.05, 0) is 18.6 Å². The van der Waals surface area contributed by atoms with Crippen molar-refractivity contribution in [3.63, 3.8) is 0 Å². The molecule has 1 aromatic rings. The first kappa shape index (κ1) is 16.4. The average Bonchev–Trinajstić information content (AvgIpc) is 2.42. The molecule has 0 fully saturated rings. The van der Waals surface area contributed by atoms with Gasteiger partial charge in [-0.25, -0.2) is 13.6 Å². The van der Waals surface area contributed by atoms with Crippen molar-refractivity contribution < 1.29 is 18.7 Å². The minimum absolute atomic E-state index is 0.142. The summed E-state index contributed by atoms with van der Waals surface area (Å²) in [5.41, 5.74) is 0.187. The fourth-order valence-corrected chi connectivity index (χ4v) is 1.76. The van der Waals surface area contributed by atoms with Crippen LogP contribution < -0.4 is 5.32 Å². The molecule has 0 saturated heterocycles. The minimum Gasteiger partial charge on any atom is -0.395 e. The quantitative estimate of drug-likeness (QED) is 0.757. The lowest BCUT2D eigenvalue weighted by Crippen LogP contribution is -2.37. The Hall–Kier alpha value is -1.69. The van der Waals surface area contributed by atoms with E-state index in [9.17, 15) is 13.6 Å². The molecule has 0 bridgehead atoms. The van der Waals surface area contributed by atoms with Crippen molar-refractivity contribution >= 4 is 11.7 Å². The van der Waals surface area contributed by atoms with E-state index in [1.165, 1.54) is 11.0 Å². The fraction of sp³-hybridized carbons (Fsp3) is 0.500. The maximum absolute atomic E-state index is 13.0. The number of aliphatic hydroxyl groups excluding tert-OH is 1. The number of unbranched alkanes of at least 4 members (excludes halogenated alkanes) is 2. The number of amides is 2. The highest BCUT2D eigenvalue weighted by Crippen LogP contribution is 2.14. The summed E-state index contributed by atoms with van der Waals surface area (Å²) in [6.07, 6.45) is 2.85. The number of hydrogen-bond donors (Lipinski definition) is 2. The molecule has 0 aromatic heterocycles. The summed E-state index contributed by atoms with van der Waals surface area (Å²) >= 11 is 0. The summed E-state index contributed by atoms with van der Waals surface area (Å²) in [6, 6.07) is 2.75. The van der Waals surface area contributed by atoms with E-state index in [1.54, 1.807) is 0 Å². The van der Waals surface area contributed by atoms with Gasteiger partial charge in [0.15, 0.2) is 11.6 Å². The predicted octanol–water partition coefficient (Wildman–Crippen LogP) is 2.98. The van der Waals surface area contributed by atoms with Crippen LogP contribution in [0, 0.1) is 11.6 Å². The Morgan fingerprint density at radius 2 is 2.00 bits per heavy atom. The number of nitrogens with one attached hydrogen (secondary N) is 1. The first-order chi connectivity index (χ1) is 9.58. The Morgan fingerprint density at radius 1 is 1.25 bits per heavy atom. The van der Waals surface area contributed by atoms with Crippen LogP contribution in [0.25, 0.3) is 0 Å². The van der Waals surface area contributed by atoms with Gasteiger partial charge in [0, 0.05) is 24.8 Å². The molecule has 0 aliphatic heterocycles. The van der Waals surface area contributed by atoms with E-state index < -0.39 is 17.7 Å². The van der Waals surface area contributed by atoms with E-state index in [2.05, 4.69) is 12.2 Å². The average molecular weight is 286 g/mol. The molecule has 0 aliphatic carbocycles. The number of urea groups is 1. The highest BCUT2D eigenvalue weighted by molar-refractivity contribution is 5.89. The summed E-state index contributed by atoms with van der Waals surface area (Å²) in [4.78, 5) is 13.4. The van der Waals surface area contributed by atoms with E-state index in [1.807, 2.05) is 0 Å². The van der Waals surface area contributed by atoms with Crippen LogP contribution in [0.5, 0.6) is 0 Å². The molecule has 4 nitrogen and oxygen atoms in total. The van der Waals surface area contributed by atoms with E-state index >= 15 is 0 Å². The third-order valence-electron chi connectivity index (χ3n) is 2.86. The third-order valence-corrected chi connectivity index (χ3v) is 2.86. The summed E-state index contributed by atoms with van der Waals surface area (Å²) in [6.45, 7) is 2.64. The van der Waals surface area contributed by atoms with Crippen LogP contribution in [0.2, 0.25) is 0 Å². The van der Waals surface area contributed by atoms with Crippen molar-refractivity contribution in [3.8, 4) is 0 Å². The number of anilines is 1. The van der Waals surface area contributed by atoms with Gasteiger partial charge in [-0.1, -0.05) is 19.8 Å². The molecule has 0 atom stereocenters. The van der Waals surface area contributed by atoms with Crippen LogP contribution in [0.15, 0.2) is 18.2 Å². The summed E-state index contributed by atoms with van der Waals surface area (Å²) in [5.74, 6) is -1.97. The van der Waals surface area contributed by atoms with Crippen molar-refractivity contribution in [3.05, 3.63) is 29.8 Å². The lowest BCUT2D eigenvalue weighted by Gasteiger charge is -2.22. The van der Waals surface area contributed by atoms with Crippen molar-refractivity contribution in [1.82, 2.24) is 4.90 Å². The van der Waals surface area contributed by atoms with Gasteiger partial charge in [0.05, 0.1) is 6.61 Å². The Morgan fingerprint density at radius 3 is 2.60 bits per heavy atom. The summed E-state index contributed by atoms with van der Waals surface area (Å²) in [7, 11) is 0. The standard InChI is InChI=1S/C14H20F2N2O2/c1-2-3-4-7-18(8-9-19)14(20)17-11-5-6-12(15)13(16)10-11/h5-6,10,19H,2-4,7-9H2,1H3,(H,17,20). The molecular formula is C14H20F2N2O2. The second-order valence-electron chi connectivity index (χ2n) is 4.48. The number of carbonyl (C=O) groups excluding carboxylic acids is 1.